The third kappa shape index (κ3) is 4.08. The number of aliphatic hydroxyl groups excluding tert-OH is 1. The van der Waals surface area contributed by atoms with Crippen LogP contribution in [0.3, 0.4) is 0 Å². The van der Waals surface area contributed by atoms with Crippen molar-refractivity contribution in [3.8, 4) is 0 Å². The van der Waals surface area contributed by atoms with Gasteiger partial charge < -0.3 is 15.3 Å². The van der Waals surface area contributed by atoms with Crippen LogP contribution in [0, 0.1) is 10.1 Å². The number of benzene rings is 1. The van der Waals surface area contributed by atoms with E-state index >= 15 is 0 Å². The number of piperidine rings is 1. The quantitative estimate of drug-likeness (QED) is 0.604. The molecule has 3 rings (SSSR count). The molecule has 1 aromatic carbocycles. The van der Waals surface area contributed by atoms with Gasteiger partial charge in [-0.3, -0.25) is 10.1 Å². The first-order valence-corrected chi connectivity index (χ1v) is 8.81. The molecule has 26 heavy (non-hydrogen) atoms. The Morgan fingerprint density at radius 1 is 1.38 bits per heavy atom. The molecule has 1 unspecified atom stereocenters. The topological polar surface area (TPSA) is 104 Å². The first-order chi connectivity index (χ1) is 12.6. The van der Waals surface area contributed by atoms with Crippen molar-refractivity contribution in [2.24, 2.45) is 0 Å². The van der Waals surface area contributed by atoms with Gasteiger partial charge >= 0.3 is 0 Å². The van der Waals surface area contributed by atoms with Gasteiger partial charge in [0, 0.05) is 37.0 Å². The second kappa shape index (κ2) is 8.09. The molecular weight excluding hydrogens is 334 g/mol. The minimum Gasteiger partial charge on any atom is -0.392 e. The summed E-state index contributed by atoms with van der Waals surface area (Å²) in [5.41, 5.74) is 2.12. The van der Waals surface area contributed by atoms with Crippen molar-refractivity contribution in [2.45, 2.75) is 38.8 Å². The highest BCUT2D eigenvalue weighted by Crippen LogP contribution is 2.28. The van der Waals surface area contributed by atoms with Crippen LogP contribution in [-0.2, 0) is 13.0 Å². The van der Waals surface area contributed by atoms with E-state index in [1.54, 1.807) is 18.5 Å². The molecule has 8 nitrogen and oxygen atoms in total. The van der Waals surface area contributed by atoms with Gasteiger partial charge in [-0.15, -0.1) is 0 Å². The molecule has 1 saturated heterocycles. The molecule has 1 fully saturated rings. The lowest BCUT2D eigenvalue weighted by Crippen LogP contribution is -2.42. The predicted octanol–water partition coefficient (Wildman–Crippen LogP) is 2.52. The third-order valence-electron chi connectivity index (χ3n) is 4.62. The van der Waals surface area contributed by atoms with Crippen molar-refractivity contribution in [2.75, 3.05) is 23.3 Å². The molecule has 2 heterocycles. The van der Waals surface area contributed by atoms with Gasteiger partial charge in [-0.05, 0) is 37.0 Å². The monoisotopic (exact) mass is 357 g/mol. The Bertz CT molecular complexity index is 783. The van der Waals surface area contributed by atoms with Crippen LogP contribution in [-0.4, -0.2) is 39.1 Å². The van der Waals surface area contributed by atoms with E-state index < -0.39 is 4.92 Å². The lowest BCUT2D eigenvalue weighted by atomic mass is 10.0. The number of rotatable bonds is 6. The van der Waals surface area contributed by atoms with Gasteiger partial charge in [-0.2, -0.15) is 0 Å². The molecule has 2 N–H and O–H groups in total. The van der Waals surface area contributed by atoms with E-state index in [1.165, 1.54) is 6.07 Å². The van der Waals surface area contributed by atoms with E-state index in [9.17, 15) is 15.2 Å². The summed E-state index contributed by atoms with van der Waals surface area (Å²) >= 11 is 0. The largest absolute Gasteiger partial charge is 0.392 e. The fraction of sp³-hybridized carbons (Fsp3) is 0.444. The lowest BCUT2D eigenvalue weighted by molar-refractivity contribution is -0.384. The number of nitro benzene ring substituents is 1. The van der Waals surface area contributed by atoms with Crippen molar-refractivity contribution < 1.29 is 10.0 Å². The molecule has 1 atom stereocenters. The molecule has 0 bridgehead atoms. The van der Waals surface area contributed by atoms with Crippen molar-refractivity contribution in [1.29, 1.82) is 0 Å². The van der Waals surface area contributed by atoms with Crippen molar-refractivity contribution in [1.82, 2.24) is 9.97 Å². The highest BCUT2D eigenvalue weighted by atomic mass is 16.6. The Morgan fingerprint density at radius 3 is 2.96 bits per heavy atom. The molecule has 8 heteroatoms. The molecule has 0 saturated carbocycles. The van der Waals surface area contributed by atoms with Crippen LogP contribution >= 0.6 is 0 Å². The van der Waals surface area contributed by atoms with Crippen molar-refractivity contribution >= 4 is 17.2 Å². The van der Waals surface area contributed by atoms with Crippen LogP contribution in [0.25, 0.3) is 0 Å². The number of aliphatic hydroxyl groups is 1. The summed E-state index contributed by atoms with van der Waals surface area (Å²) < 4.78 is 0. The minimum atomic E-state index is -0.401. The van der Waals surface area contributed by atoms with Gasteiger partial charge in [0.15, 0.2) is 0 Å². The van der Waals surface area contributed by atoms with Gasteiger partial charge in [-0.1, -0.05) is 6.92 Å². The van der Waals surface area contributed by atoms with Crippen LogP contribution in [0.2, 0.25) is 0 Å². The van der Waals surface area contributed by atoms with E-state index in [0.29, 0.717) is 17.8 Å². The average Bonchev–Trinajstić information content (AvgIpc) is 2.68. The Hall–Kier alpha value is -2.74. The Kier molecular flexibility index (Phi) is 5.62. The lowest BCUT2D eigenvalue weighted by Gasteiger charge is -2.34. The molecule has 0 aliphatic carbocycles. The van der Waals surface area contributed by atoms with Gasteiger partial charge in [0.2, 0.25) is 0 Å². The minimum absolute atomic E-state index is 0.0228. The summed E-state index contributed by atoms with van der Waals surface area (Å²) in [6.07, 6.45) is 4.32. The highest BCUT2D eigenvalue weighted by Gasteiger charge is 2.24. The summed E-state index contributed by atoms with van der Waals surface area (Å²) in [6.45, 7) is 3.52. The number of hydrogen-bond donors (Lipinski definition) is 2. The number of nitro groups is 1. The number of nitrogens with one attached hydrogen (secondary N) is 1. The normalized spacial score (nSPS) is 17.2. The first-order valence-electron chi connectivity index (χ1n) is 8.81. The first kappa shape index (κ1) is 18.1. The number of nitrogens with zero attached hydrogens (tertiary/aromatic N) is 4. The number of aryl methyl sites for hydroxylation is 1. The van der Waals surface area contributed by atoms with E-state index in [-0.39, 0.29) is 18.3 Å². The van der Waals surface area contributed by atoms with Crippen molar-refractivity contribution in [3.05, 3.63) is 52.0 Å². The molecule has 1 aromatic heterocycles. The van der Waals surface area contributed by atoms with E-state index in [1.807, 2.05) is 6.07 Å². The summed E-state index contributed by atoms with van der Waals surface area (Å²) in [5, 5.41) is 23.9. The molecule has 2 aromatic rings. The SMILES string of the molecule is CCc1cc(N2CCCC(Nc3cc(CO)ccc3[N+](=O)[O-])C2)ncn1. The van der Waals surface area contributed by atoms with Crippen molar-refractivity contribution in [3.63, 3.8) is 0 Å². The zero-order valence-electron chi connectivity index (χ0n) is 14.8. The maximum Gasteiger partial charge on any atom is 0.292 e. The van der Waals surface area contributed by atoms with Crippen LogP contribution in [0.15, 0.2) is 30.6 Å². The molecular formula is C18H23N5O3. The number of hydrogen-bond acceptors (Lipinski definition) is 7. The van der Waals surface area contributed by atoms with Gasteiger partial charge in [-0.25, -0.2) is 9.97 Å². The number of anilines is 2. The Morgan fingerprint density at radius 2 is 2.23 bits per heavy atom. The van der Waals surface area contributed by atoms with Gasteiger partial charge in [0.25, 0.3) is 5.69 Å². The molecule has 0 spiro atoms. The van der Waals surface area contributed by atoms with Crippen LogP contribution in [0.4, 0.5) is 17.2 Å². The maximum atomic E-state index is 11.3. The van der Waals surface area contributed by atoms with E-state index in [4.69, 9.17) is 0 Å². The summed E-state index contributed by atoms with van der Waals surface area (Å²) in [4.78, 5) is 21.7. The van der Waals surface area contributed by atoms with Crippen LogP contribution in [0.5, 0.6) is 0 Å². The summed E-state index contributed by atoms with van der Waals surface area (Å²) in [6, 6.07) is 6.72. The average molecular weight is 357 g/mol. The second-order valence-corrected chi connectivity index (χ2v) is 6.42. The van der Waals surface area contributed by atoms with E-state index in [0.717, 1.165) is 37.3 Å². The Balaban J connectivity index is 1.77. The van der Waals surface area contributed by atoms with E-state index in [2.05, 4.69) is 27.1 Å². The Labute approximate surface area is 152 Å². The maximum absolute atomic E-state index is 11.3. The van der Waals surface area contributed by atoms with Gasteiger partial charge in [0.1, 0.15) is 17.8 Å². The fourth-order valence-corrected chi connectivity index (χ4v) is 3.23. The molecule has 0 radical (unpaired) electrons. The second-order valence-electron chi connectivity index (χ2n) is 6.42. The third-order valence-corrected chi connectivity index (χ3v) is 4.62. The standard InChI is InChI=1S/C18H23N5O3/c1-2-14-9-18(20-12-19-14)22-7-3-4-15(10-22)21-16-8-13(11-24)5-6-17(16)23(25)26/h5-6,8-9,12,15,21,24H,2-4,7,10-11H2,1H3. The van der Waals surface area contributed by atoms with Crippen LogP contribution < -0.4 is 10.2 Å². The molecule has 1 aliphatic rings. The smallest absolute Gasteiger partial charge is 0.292 e. The zero-order chi connectivity index (χ0) is 18.5. The summed E-state index contributed by atoms with van der Waals surface area (Å²) in [5.74, 6) is 0.891. The molecule has 1 aliphatic heterocycles. The van der Waals surface area contributed by atoms with Gasteiger partial charge in [0.05, 0.1) is 11.5 Å². The fourth-order valence-electron chi connectivity index (χ4n) is 3.23. The number of aromatic nitrogens is 2. The zero-order valence-corrected chi connectivity index (χ0v) is 14.8. The molecule has 138 valence electrons. The predicted molar refractivity (Wildman–Crippen MR) is 99.3 cm³/mol. The highest BCUT2D eigenvalue weighted by molar-refractivity contribution is 5.63. The van der Waals surface area contributed by atoms with Crippen LogP contribution in [0.1, 0.15) is 31.0 Å². The molecule has 0 amide bonds. The summed E-state index contributed by atoms with van der Waals surface area (Å²) in [7, 11) is 0.